The van der Waals surface area contributed by atoms with Gasteiger partial charge in [0.1, 0.15) is 5.69 Å². The maximum atomic E-state index is 13.3. The second-order valence-electron chi connectivity index (χ2n) is 8.33. The number of nitrogens with zero attached hydrogens (tertiary/aromatic N) is 3. The van der Waals surface area contributed by atoms with Crippen LogP contribution >= 0.6 is 11.3 Å². The second-order valence-corrected chi connectivity index (χ2v) is 9.27. The summed E-state index contributed by atoms with van der Waals surface area (Å²) in [5, 5.41) is 9.73. The van der Waals surface area contributed by atoms with E-state index >= 15 is 0 Å². The van der Waals surface area contributed by atoms with Crippen molar-refractivity contribution in [1.29, 1.82) is 0 Å². The van der Waals surface area contributed by atoms with E-state index in [2.05, 4.69) is 69.8 Å². The third-order valence-electron chi connectivity index (χ3n) is 5.84. The number of fused-ring (bicyclic) bond motifs is 1. The molecule has 0 aliphatic carbocycles. The smallest absolute Gasteiger partial charge is 0.272 e. The van der Waals surface area contributed by atoms with Crippen LogP contribution in [-0.4, -0.2) is 20.3 Å². The second kappa shape index (κ2) is 9.08. The summed E-state index contributed by atoms with van der Waals surface area (Å²) in [6, 6.07) is 24.5. The van der Waals surface area contributed by atoms with Crippen LogP contribution in [0.4, 0.5) is 5.69 Å². The molecule has 0 bridgehead atoms. The van der Waals surface area contributed by atoms with Crippen LogP contribution in [-0.2, 0) is 19.5 Å². The highest BCUT2D eigenvalue weighted by Crippen LogP contribution is 2.26. The van der Waals surface area contributed by atoms with Gasteiger partial charge in [-0.3, -0.25) is 9.48 Å². The van der Waals surface area contributed by atoms with Crippen LogP contribution in [0.1, 0.15) is 33.0 Å². The molecule has 33 heavy (non-hydrogen) atoms. The number of hydrogen-bond donors (Lipinski definition) is 1. The molecule has 0 fully saturated rings. The van der Waals surface area contributed by atoms with Crippen LogP contribution < -0.4 is 5.32 Å². The van der Waals surface area contributed by atoms with Crippen LogP contribution in [0.15, 0.2) is 78.2 Å². The van der Waals surface area contributed by atoms with E-state index in [1.807, 2.05) is 41.9 Å². The van der Waals surface area contributed by atoms with Gasteiger partial charge in [-0.25, -0.2) is 0 Å². The molecule has 5 rings (SSSR count). The number of carbonyl (C=O) groups excluding carboxylic acids is 1. The number of benzene rings is 2. The topological polar surface area (TPSA) is 51.9 Å². The van der Waals surface area contributed by atoms with Crippen molar-refractivity contribution in [3.8, 4) is 0 Å². The number of thiophene rings is 1. The normalized spacial score (nSPS) is 11.2. The van der Waals surface area contributed by atoms with Crippen molar-refractivity contribution in [2.24, 2.45) is 0 Å². The highest BCUT2D eigenvalue weighted by Gasteiger charge is 2.17. The predicted molar refractivity (Wildman–Crippen MR) is 135 cm³/mol. The molecular weight excluding hydrogens is 428 g/mol. The summed E-state index contributed by atoms with van der Waals surface area (Å²) in [6.07, 6.45) is 0.874. The molecule has 0 saturated heterocycles. The number of aromatic nitrogens is 3. The molecule has 1 amide bonds. The van der Waals surface area contributed by atoms with Gasteiger partial charge in [-0.2, -0.15) is 5.10 Å². The Balaban J connectivity index is 1.36. The van der Waals surface area contributed by atoms with Crippen LogP contribution in [0.5, 0.6) is 0 Å². The minimum absolute atomic E-state index is 0.0882. The zero-order valence-corrected chi connectivity index (χ0v) is 19.6. The lowest BCUT2D eigenvalue weighted by Crippen LogP contribution is -2.18. The van der Waals surface area contributed by atoms with Crippen molar-refractivity contribution >= 4 is 33.1 Å². The predicted octanol–water partition coefficient (Wildman–Crippen LogP) is 6.06. The monoisotopic (exact) mass is 454 g/mol. The first-order valence-electron chi connectivity index (χ1n) is 11.1. The Morgan fingerprint density at radius 1 is 0.970 bits per heavy atom. The fraction of sp³-hybridized carbons (Fsp3) is 0.185. The maximum absolute atomic E-state index is 13.3. The number of anilines is 1. The highest BCUT2D eigenvalue weighted by atomic mass is 32.1. The van der Waals surface area contributed by atoms with Gasteiger partial charge in [0.25, 0.3) is 5.91 Å². The molecule has 5 nitrogen and oxygen atoms in total. The number of aryl methyl sites for hydroxylation is 4. The first kappa shape index (κ1) is 21.2. The van der Waals surface area contributed by atoms with E-state index in [1.54, 1.807) is 11.3 Å². The third-order valence-corrected chi connectivity index (χ3v) is 6.70. The molecule has 0 atom stereocenters. The van der Waals surface area contributed by atoms with Gasteiger partial charge in [0, 0.05) is 17.9 Å². The van der Waals surface area contributed by atoms with Crippen molar-refractivity contribution in [1.82, 2.24) is 14.3 Å². The Morgan fingerprint density at radius 2 is 1.79 bits per heavy atom. The summed E-state index contributed by atoms with van der Waals surface area (Å²) in [5.74, 6) is -0.0882. The summed E-state index contributed by atoms with van der Waals surface area (Å²) in [4.78, 5) is 13.3. The molecule has 1 N–H and O–H groups in total. The molecule has 0 saturated carbocycles. The molecule has 5 aromatic rings. The Bertz CT molecular complexity index is 1410. The number of rotatable bonds is 7. The van der Waals surface area contributed by atoms with E-state index in [0.717, 1.165) is 45.8 Å². The number of amides is 1. The van der Waals surface area contributed by atoms with E-state index in [0.29, 0.717) is 12.2 Å². The maximum Gasteiger partial charge on any atom is 0.272 e. The zero-order valence-electron chi connectivity index (χ0n) is 18.8. The Labute approximate surface area is 197 Å². The lowest BCUT2D eigenvalue weighted by molar-refractivity contribution is 0.101. The van der Waals surface area contributed by atoms with Gasteiger partial charge in [-0.1, -0.05) is 42.5 Å². The number of nitrogens with one attached hydrogen (secondary N) is 1. The van der Waals surface area contributed by atoms with Crippen molar-refractivity contribution in [3.05, 3.63) is 106 Å². The standard InChI is InChI=1S/C27H26N4OS/c1-19-15-20(2)31(29-19)18-22-9-6-10-23(16-22)28-27(32)25-17-26-24(12-14-33-26)30(25)13-11-21-7-4-3-5-8-21/h3-10,12,14-17H,11,13,18H2,1-2H3,(H,28,32). The molecule has 166 valence electrons. The van der Waals surface area contributed by atoms with Crippen molar-refractivity contribution in [3.63, 3.8) is 0 Å². The molecule has 0 aliphatic heterocycles. The van der Waals surface area contributed by atoms with Crippen LogP contribution in [0.25, 0.3) is 10.2 Å². The largest absolute Gasteiger partial charge is 0.335 e. The van der Waals surface area contributed by atoms with Gasteiger partial charge < -0.3 is 9.88 Å². The fourth-order valence-corrected chi connectivity index (χ4v) is 5.06. The molecule has 0 aliphatic rings. The number of hydrogen-bond acceptors (Lipinski definition) is 3. The van der Waals surface area contributed by atoms with Crippen molar-refractivity contribution in [2.45, 2.75) is 33.4 Å². The highest BCUT2D eigenvalue weighted by molar-refractivity contribution is 7.17. The van der Waals surface area contributed by atoms with Gasteiger partial charge in [0.2, 0.25) is 0 Å². The molecule has 0 radical (unpaired) electrons. The first-order valence-corrected chi connectivity index (χ1v) is 12.0. The molecule has 3 heterocycles. The van der Waals surface area contributed by atoms with Crippen molar-refractivity contribution < 1.29 is 4.79 Å². The van der Waals surface area contributed by atoms with Gasteiger partial charge >= 0.3 is 0 Å². The Hall–Kier alpha value is -3.64. The Kier molecular flexibility index (Phi) is 5.84. The molecule has 0 unspecified atom stereocenters. The minimum Gasteiger partial charge on any atom is -0.335 e. The molecular formula is C27H26N4OS. The minimum atomic E-state index is -0.0882. The van der Waals surface area contributed by atoms with E-state index in [9.17, 15) is 4.79 Å². The van der Waals surface area contributed by atoms with E-state index in [1.165, 1.54) is 5.56 Å². The SMILES string of the molecule is Cc1cc(C)n(Cc2cccc(NC(=O)c3cc4sccc4n3CCc3ccccc3)c2)n1. The van der Waals surface area contributed by atoms with Gasteiger partial charge in [0.05, 0.1) is 22.5 Å². The summed E-state index contributed by atoms with van der Waals surface area (Å²) in [7, 11) is 0. The molecule has 6 heteroatoms. The summed E-state index contributed by atoms with van der Waals surface area (Å²) < 4.78 is 5.25. The van der Waals surface area contributed by atoms with E-state index < -0.39 is 0 Å². The molecule has 2 aromatic carbocycles. The van der Waals surface area contributed by atoms with Gasteiger partial charge in [-0.05, 0) is 67.1 Å². The first-order chi connectivity index (χ1) is 16.1. The van der Waals surface area contributed by atoms with E-state index in [4.69, 9.17) is 0 Å². The average Bonchev–Trinajstić information content (AvgIpc) is 3.48. The number of carbonyl (C=O) groups is 1. The van der Waals surface area contributed by atoms with Crippen LogP contribution in [0, 0.1) is 13.8 Å². The zero-order chi connectivity index (χ0) is 22.8. The summed E-state index contributed by atoms with van der Waals surface area (Å²) >= 11 is 1.66. The Morgan fingerprint density at radius 3 is 2.58 bits per heavy atom. The fourth-order valence-electron chi connectivity index (χ4n) is 4.24. The molecule has 0 spiro atoms. The lowest BCUT2D eigenvalue weighted by atomic mass is 10.1. The lowest BCUT2D eigenvalue weighted by Gasteiger charge is -2.12. The van der Waals surface area contributed by atoms with Crippen molar-refractivity contribution in [2.75, 3.05) is 5.32 Å². The third kappa shape index (κ3) is 4.61. The summed E-state index contributed by atoms with van der Waals surface area (Å²) in [5.41, 5.74) is 7.08. The van der Waals surface area contributed by atoms with E-state index in [-0.39, 0.29) is 5.91 Å². The van der Waals surface area contributed by atoms with Gasteiger partial charge in [-0.15, -0.1) is 11.3 Å². The average molecular weight is 455 g/mol. The quantitative estimate of drug-likeness (QED) is 0.325. The summed E-state index contributed by atoms with van der Waals surface area (Å²) in [6.45, 7) is 5.48. The van der Waals surface area contributed by atoms with Gasteiger partial charge in [0.15, 0.2) is 0 Å². The van der Waals surface area contributed by atoms with Crippen LogP contribution in [0.3, 0.4) is 0 Å². The molecule has 3 aromatic heterocycles. The van der Waals surface area contributed by atoms with Crippen LogP contribution in [0.2, 0.25) is 0 Å².